The first-order valence-corrected chi connectivity index (χ1v) is 5.52. The van der Waals surface area contributed by atoms with E-state index in [1.54, 1.807) is 7.11 Å². The maximum absolute atomic E-state index is 6.03. The predicted octanol–water partition coefficient (Wildman–Crippen LogP) is 2.21. The highest BCUT2D eigenvalue weighted by Crippen LogP contribution is 2.30. The van der Waals surface area contributed by atoms with E-state index >= 15 is 0 Å². The smallest absolute Gasteiger partial charge is 0.244 e. The van der Waals surface area contributed by atoms with Crippen LogP contribution in [0.2, 0.25) is 0 Å². The molecule has 0 radical (unpaired) electrons. The highest BCUT2D eigenvalue weighted by Gasteiger charge is 2.28. The summed E-state index contributed by atoms with van der Waals surface area (Å²) in [5.74, 6) is 1.04. The average Bonchev–Trinajstić information content (AvgIpc) is 2.66. The predicted molar refractivity (Wildman–Crippen MR) is 60.7 cm³/mol. The van der Waals surface area contributed by atoms with Gasteiger partial charge in [0.15, 0.2) is 0 Å². The Morgan fingerprint density at radius 1 is 1.44 bits per heavy atom. The van der Waals surface area contributed by atoms with Crippen LogP contribution in [0, 0.1) is 5.41 Å². The Kier molecular flexibility index (Phi) is 4.04. The third-order valence-electron chi connectivity index (χ3n) is 2.60. The molecular formula is C11H21N3O2. The number of ether oxygens (including phenoxy) is 1. The number of aromatic nitrogens is 2. The molecule has 1 heterocycles. The van der Waals surface area contributed by atoms with E-state index in [1.165, 1.54) is 0 Å². The Morgan fingerprint density at radius 2 is 2.06 bits per heavy atom. The second-order valence-electron chi connectivity index (χ2n) is 4.97. The lowest BCUT2D eigenvalue weighted by Gasteiger charge is -2.23. The van der Waals surface area contributed by atoms with Gasteiger partial charge in [0.25, 0.3) is 0 Å². The van der Waals surface area contributed by atoms with Gasteiger partial charge in [0.05, 0.1) is 6.04 Å². The molecule has 0 aromatic carbocycles. The van der Waals surface area contributed by atoms with E-state index in [2.05, 4.69) is 10.1 Å². The molecule has 0 bridgehead atoms. The molecule has 0 aliphatic heterocycles. The summed E-state index contributed by atoms with van der Waals surface area (Å²) in [4.78, 5) is 4.29. The fourth-order valence-electron chi connectivity index (χ4n) is 1.33. The Morgan fingerprint density at radius 3 is 2.50 bits per heavy atom. The molecule has 0 spiro atoms. The van der Waals surface area contributed by atoms with Crippen molar-refractivity contribution in [2.24, 2.45) is 11.1 Å². The number of hydrogen-bond acceptors (Lipinski definition) is 5. The Labute approximate surface area is 96.4 Å². The van der Waals surface area contributed by atoms with Gasteiger partial charge in [0.1, 0.15) is 6.10 Å². The van der Waals surface area contributed by atoms with Crippen molar-refractivity contribution in [2.45, 2.75) is 46.3 Å². The number of hydrogen-bond donors (Lipinski definition) is 1. The molecule has 92 valence electrons. The van der Waals surface area contributed by atoms with Crippen LogP contribution in [-0.4, -0.2) is 17.3 Å². The van der Waals surface area contributed by atoms with Gasteiger partial charge in [-0.1, -0.05) is 32.9 Å². The highest BCUT2D eigenvalue weighted by molar-refractivity contribution is 4.98. The summed E-state index contributed by atoms with van der Waals surface area (Å²) in [5.41, 5.74) is 5.93. The van der Waals surface area contributed by atoms with E-state index in [-0.39, 0.29) is 17.6 Å². The van der Waals surface area contributed by atoms with Crippen molar-refractivity contribution in [3.8, 4) is 0 Å². The Hall–Kier alpha value is -0.940. The molecule has 5 heteroatoms. The molecule has 1 aromatic heterocycles. The second kappa shape index (κ2) is 4.93. The zero-order valence-corrected chi connectivity index (χ0v) is 10.7. The third-order valence-corrected chi connectivity index (χ3v) is 2.60. The molecule has 0 aliphatic carbocycles. The minimum Gasteiger partial charge on any atom is -0.373 e. The molecule has 0 fully saturated rings. The minimum atomic E-state index is -0.261. The quantitative estimate of drug-likeness (QED) is 0.853. The maximum atomic E-state index is 6.03. The molecule has 1 rings (SSSR count). The van der Waals surface area contributed by atoms with Gasteiger partial charge in [-0.15, -0.1) is 0 Å². The van der Waals surface area contributed by atoms with Crippen molar-refractivity contribution in [3.05, 3.63) is 11.7 Å². The van der Waals surface area contributed by atoms with E-state index < -0.39 is 0 Å². The van der Waals surface area contributed by atoms with Crippen LogP contribution in [0.25, 0.3) is 0 Å². The van der Waals surface area contributed by atoms with Crippen molar-refractivity contribution in [3.63, 3.8) is 0 Å². The molecule has 2 atom stereocenters. The van der Waals surface area contributed by atoms with Crippen LogP contribution in [0.1, 0.15) is 58.0 Å². The van der Waals surface area contributed by atoms with Crippen molar-refractivity contribution >= 4 is 0 Å². The zero-order chi connectivity index (χ0) is 12.3. The van der Waals surface area contributed by atoms with E-state index in [0.29, 0.717) is 11.7 Å². The Bertz CT molecular complexity index is 326. The Balaban J connectivity index is 2.86. The molecule has 2 N–H and O–H groups in total. The summed E-state index contributed by atoms with van der Waals surface area (Å²) < 4.78 is 10.4. The lowest BCUT2D eigenvalue weighted by molar-refractivity contribution is 0.0903. The topological polar surface area (TPSA) is 74.2 Å². The molecule has 16 heavy (non-hydrogen) atoms. The second-order valence-corrected chi connectivity index (χ2v) is 4.97. The molecule has 0 amide bonds. The van der Waals surface area contributed by atoms with E-state index in [4.69, 9.17) is 15.0 Å². The summed E-state index contributed by atoms with van der Waals surface area (Å²) >= 11 is 0. The average molecular weight is 227 g/mol. The lowest BCUT2D eigenvalue weighted by Crippen LogP contribution is -2.26. The minimum absolute atomic E-state index is 0.0986. The van der Waals surface area contributed by atoms with Crippen LogP contribution < -0.4 is 5.73 Å². The molecule has 0 aliphatic rings. The largest absolute Gasteiger partial charge is 0.373 e. The molecule has 0 saturated heterocycles. The number of rotatable bonds is 4. The van der Waals surface area contributed by atoms with Crippen LogP contribution in [0.4, 0.5) is 0 Å². The first-order valence-electron chi connectivity index (χ1n) is 5.52. The van der Waals surface area contributed by atoms with E-state index in [1.807, 2.05) is 27.7 Å². The van der Waals surface area contributed by atoms with Crippen LogP contribution in [0.3, 0.4) is 0 Å². The zero-order valence-electron chi connectivity index (χ0n) is 10.7. The summed E-state index contributed by atoms with van der Waals surface area (Å²) in [6.45, 7) is 8.12. The maximum Gasteiger partial charge on any atom is 0.244 e. The molecular weight excluding hydrogens is 206 g/mol. The van der Waals surface area contributed by atoms with Gasteiger partial charge >= 0.3 is 0 Å². The van der Waals surface area contributed by atoms with Crippen LogP contribution >= 0.6 is 0 Å². The molecule has 0 saturated carbocycles. The first kappa shape index (κ1) is 13.1. The summed E-state index contributed by atoms with van der Waals surface area (Å²) in [7, 11) is 1.63. The third kappa shape index (κ3) is 2.80. The van der Waals surface area contributed by atoms with Gasteiger partial charge in [0, 0.05) is 7.11 Å². The van der Waals surface area contributed by atoms with Gasteiger partial charge in [-0.3, -0.25) is 0 Å². The van der Waals surface area contributed by atoms with Gasteiger partial charge in [-0.25, -0.2) is 0 Å². The van der Waals surface area contributed by atoms with E-state index in [0.717, 1.165) is 6.42 Å². The van der Waals surface area contributed by atoms with Crippen LogP contribution in [0.15, 0.2) is 4.52 Å². The van der Waals surface area contributed by atoms with Gasteiger partial charge < -0.3 is 15.0 Å². The number of nitrogens with zero attached hydrogens (tertiary/aromatic N) is 2. The number of methoxy groups -OCH3 is 1. The van der Waals surface area contributed by atoms with Crippen molar-refractivity contribution in [1.82, 2.24) is 10.1 Å². The van der Waals surface area contributed by atoms with Crippen molar-refractivity contribution in [2.75, 3.05) is 7.11 Å². The van der Waals surface area contributed by atoms with Crippen LogP contribution in [-0.2, 0) is 4.74 Å². The summed E-state index contributed by atoms with van der Waals surface area (Å²) in [6.07, 6.45) is 0.685. The normalized spacial score (nSPS) is 16.1. The van der Waals surface area contributed by atoms with Crippen LogP contribution in [0.5, 0.6) is 0 Å². The summed E-state index contributed by atoms with van der Waals surface area (Å²) in [6, 6.07) is -0.261. The van der Waals surface area contributed by atoms with Crippen molar-refractivity contribution in [1.29, 1.82) is 0 Å². The van der Waals surface area contributed by atoms with Gasteiger partial charge in [0.2, 0.25) is 11.7 Å². The number of nitrogens with two attached hydrogens (primary N) is 1. The van der Waals surface area contributed by atoms with E-state index in [9.17, 15) is 0 Å². The van der Waals surface area contributed by atoms with Gasteiger partial charge in [-0.05, 0) is 11.8 Å². The standard InChI is InChI=1S/C11H21N3O2/c1-6-7(15-5)9-13-10(16-14-9)8(12)11(2,3)4/h7-8H,6,12H2,1-5H3/t7?,8-/m0/s1. The monoisotopic (exact) mass is 227 g/mol. The molecule has 5 nitrogen and oxygen atoms in total. The summed E-state index contributed by atoms with van der Waals surface area (Å²) in [5, 5.41) is 3.90. The first-order chi connectivity index (χ1) is 7.40. The van der Waals surface area contributed by atoms with Crippen molar-refractivity contribution < 1.29 is 9.26 Å². The molecule has 1 aromatic rings. The molecule has 1 unspecified atom stereocenters. The fourth-order valence-corrected chi connectivity index (χ4v) is 1.33. The lowest BCUT2D eigenvalue weighted by atomic mass is 9.87. The van der Waals surface area contributed by atoms with Gasteiger partial charge in [-0.2, -0.15) is 4.98 Å². The SMILES string of the molecule is CCC(OC)c1noc([C@H](N)C(C)(C)C)n1. The fraction of sp³-hybridized carbons (Fsp3) is 0.818. The highest BCUT2D eigenvalue weighted by atomic mass is 16.5.